The van der Waals surface area contributed by atoms with Crippen molar-refractivity contribution < 1.29 is 37.9 Å². The van der Waals surface area contributed by atoms with Gasteiger partial charge in [-0.1, -0.05) is 34.7 Å². The number of benzene rings is 2. The molecule has 5 atom stereocenters. The zero-order valence-electron chi connectivity index (χ0n) is 22.2. The number of ether oxygens (including phenoxy) is 4. The molecule has 1 saturated heterocycles. The van der Waals surface area contributed by atoms with E-state index in [1.807, 2.05) is 0 Å². The van der Waals surface area contributed by atoms with Gasteiger partial charge in [-0.3, -0.25) is 0 Å². The number of rotatable bonds is 12. The van der Waals surface area contributed by atoms with Gasteiger partial charge in [-0.2, -0.15) is 0 Å². The summed E-state index contributed by atoms with van der Waals surface area (Å²) >= 11 is 0. The van der Waals surface area contributed by atoms with Crippen molar-refractivity contribution in [2.24, 2.45) is 0 Å². The summed E-state index contributed by atoms with van der Waals surface area (Å²) in [4.78, 5) is 0. The van der Waals surface area contributed by atoms with Crippen molar-refractivity contribution in [2.45, 2.75) is 57.0 Å². The number of aromatic nitrogens is 6. The Kier molecular flexibility index (Phi) is 9.38. The Balaban J connectivity index is 1.23. The second-order valence-corrected chi connectivity index (χ2v) is 9.57. The van der Waals surface area contributed by atoms with E-state index in [1.54, 1.807) is 46.0 Å². The maximum atomic E-state index is 13.2. The lowest BCUT2D eigenvalue weighted by Gasteiger charge is -2.43. The first-order chi connectivity index (χ1) is 19.9. The average molecular weight is 573 g/mol. The Hall–Kier alpha value is -3.66. The van der Waals surface area contributed by atoms with Crippen LogP contribution in [0.15, 0.2) is 60.9 Å². The van der Waals surface area contributed by atoms with Gasteiger partial charge in [-0.25, -0.2) is 18.1 Å². The Labute approximate surface area is 234 Å². The molecule has 2 aromatic carbocycles. The molecule has 5 rings (SSSR count). The van der Waals surface area contributed by atoms with Crippen LogP contribution in [-0.4, -0.2) is 84.6 Å². The first-order valence-corrected chi connectivity index (χ1v) is 12.9. The number of hydrogen-bond donors (Lipinski definition) is 2. The van der Waals surface area contributed by atoms with Crippen LogP contribution >= 0.6 is 0 Å². The quantitative estimate of drug-likeness (QED) is 0.256. The molecule has 41 heavy (non-hydrogen) atoms. The van der Waals surface area contributed by atoms with Gasteiger partial charge in [0.25, 0.3) is 0 Å². The predicted molar refractivity (Wildman–Crippen MR) is 137 cm³/mol. The van der Waals surface area contributed by atoms with E-state index >= 15 is 0 Å². The minimum atomic E-state index is -1.24. The van der Waals surface area contributed by atoms with E-state index in [9.17, 15) is 19.0 Å². The third-order valence-electron chi connectivity index (χ3n) is 6.57. The fraction of sp³-hybridized carbons (Fsp3) is 0.407. The molecule has 1 fully saturated rings. The third kappa shape index (κ3) is 7.35. The second kappa shape index (κ2) is 13.3. The smallest absolute Gasteiger partial charge is 0.186 e. The zero-order valence-corrected chi connectivity index (χ0v) is 22.2. The maximum Gasteiger partial charge on any atom is 0.186 e. The number of halogens is 2. The van der Waals surface area contributed by atoms with Crippen molar-refractivity contribution in [1.82, 2.24) is 30.0 Å². The summed E-state index contributed by atoms with van der Waals surface area (Å²) < 4.78 is 52.8. The van der Waals surface area contributed by atoms with Crippen molar-refractivity contribution in [3.63, 3.8) is 0 Å². The summed E-state index contributed by atoms with van der Waals surface area (Å²) in [6, 6.07) is 12.2. The summed E-state index contributed by atoms with van der Waals surface area (Å²) in [5.41, 5.74) is 2.69. The minimum absolute atomic E-state index is 0.00152. The van der Waals surface area contributed by atoms with Crippen LogP contribution in [0.3, 0.4) is 0 Å². The van der Waals surface area contributed by atoms with Crippen molar-refractivity contribution in [3.8, 4) is 0 Å². The lowest BCUT2D eigenvalue weighted by molar-refractivity contribution is -0.314. The van der Waals surface area contributed by atoms with Gasteiger partial charge in [0.1, 0.15) is 47.4 Å². The second-order valence-electron chi connectivity index (χ2n) is 9.57. The van der Waals surface area contributed by atoms with Crippen LogP contribution in [0.4, 0.5) is 8.78 Å². The number of aliphatic hydroxyl groups is 2. The lowest BCUT2D eigenvalue weighted by atomic mass is 9.98. The van der Waals surface area contributed by atoms with Gasteiger partial charge in [0.15, 0.2) is 6.29 Å². The van der Waals surface area contributed by atoms with Gasteiger partial charge in [0, 0.05) is 7.11 Å². The van der Waals surface area contributed by atoms with Crippen molar-refractivity contribution in [3.05, 3.63) is 95.1 Å². The first-order valence-electron chi connectivity index (χ1n) is 12.9. The highest BCUT2D eigenvalue weighted by Crippen LogP contribution is 2.28. The Morgan fingerprint density at radius 2 is 1.29 bits per heavy atom. The van der Waals surface area contributed by atoms with Crippen molar-refractivity contribution >= 4 is 0 Å². The average Bonchev–Trinajstić information content (AvgIpc) is 3.63. The molecule has 0 amide bonds. The van der Waals surface area contributed by atoms with Crippen molar-refractivity contribution in [1.29, 1.82) is 0 Å². The standard InChI is InChI=1S/C27H30F2N6O6/c1-38-27-26(40-16-22-13-35(33-31-22)11-18-4-8-20(29)9-5-18)25(24(37)23(14-36)41-27)39-15-21-12-34(32-30-21)10-17-2-6-19(28)7-3-17/h2-9,12-13,23-27,36-37H,10-11,14-16H2,1H3. The minimum Gasteiger partial charge on any atom is -0.394 e. The predicted octanol–water partition coefficient (Wildman–Crippen LogP) is 1.44. The number of nitrogens with zero attached hydrogens (tertiary/aromatic N) is 6. The number of hydrogen-bond acceptors (Lipinski definition) is 10. The highest BCUT2D eigenvalue weighted by Gasteiger charge is 2.47. The fourth-order valence-corrected chi connectivity index (χ4v) is 4.48. The van der Waals surface area contributed by atoms with Crippen LogP contribution in [0, 0.1) is 11.6 Å². The molecule has 0 bridgehead atoms. The molecule has 218 valence electrons. The third-order valence-corrected chi connectivity index (χ3v) is 6.57. The molecular weight excluding hydrogens is 542 g/mol. The van der Waals surface area contributed by atoms with Crippen molar-refractivity contribution in [2.75, 3.05) is 13.7 Å². The molecule has 5 unspecified atom stereocenters. The summed E-state index contributed by atoms with van der Waals surface area (Å²) in [5, 5.41) is 37.1. The largest absolute Gasteiger partial charge is 0.394 e. The molecule has 4 aromatic rings. The van der Waals surface area contributed by atoms with Crippen LogP contribution in [0.5, 0.6) is 0 Å². The molecule has 12 nitrogen and oxygen atoms in total. The molecule has 2 aromatic heterocycles. The van der Waals surface area contributed by atoms with E-state index in [0.717, 1.165) is 11.1 Å². The van der Waals surface area contributed by atoms with Crippen LogP contribution in [0.2, 0.25) is 0 Å². The Bertz CT molecular complexity index is 1390. The van der Waals surface area contributed by atoms with Gasteiger partial charge in [-0.15, -0.1) is 10.2 Å². The highest BCUT2D eigenvalue weighted by atomic mass is 19.1. The first kappa shape index (κ1) is 28.9. The number of methoxy groups -OCH3 is 1. The van der Waals surface area contributed by atoms with Gasteiger partial charge < -0.3 is 29.2 Å². The molecule has 14 heteroatoms. The molecule has 0 radical (unpaired) electrons. The van der Waals surface area contributed by atoms with Gasteiger partial charge in [-0.05, 0) is 35.4 Å². The monoisotopic (exact) mass is 572 g/mol. The summed E-state index contributed by atoms with van der Waals surface area (Å²) in [5.74, 6) is -0.640. The topological polar surface area (TPSA) is 139 Å². The maximum absolute atomic E-state index is 13.2. The van der Waals surface area contributed by atoms with E-state index in [4.69, 9.17) is 18.9 Å². The molecule has 1 aliphatic rings. The Morgan fingerprint density at radius 1 is 0.805 bits per heavy atom. The molecule has 1 aliphatic heterocycles. The van der Waals surface area contributed by atoms with E-state index in [-0.39, 0.29) is 24.8 Å². The fourth-order valence-electron chi connectivity index (χ4n) is 4.48. The van der Waals surface area contributed by atoms with Gasteiger partial charge in [0.05, 0.1) is 45.3 Å². The summed E-state index contributed by atoms with van der Waals surface area (Å²) in [6.07, 6.45) is -1.63. The normalized spacial score (nSPS) is 22.7. The molecular formula is C27H30F2N6O6. The zero-order chi connectivity index (χ0) is 28.8. The molecule has 2 N–H and O–H groups in total. The summed E-state index contributed by atoms with van der Waals surface area (Å²) in [6.45, 7) is 0.304. The number of aliphatic hydroxyl groups excluding tert-OH is 2. The van der Waals surface area contributed by atoms with Gasteiger partial charge >= 0.3 is 0 Å². The Morgan fingerprint density at radius 3 is 1.76 bits per heavy atom. The van der Waals surface area contributed by atoms with E-state index in [1.165, 1.54) is 31.4 Å². The van der Waals surface area contributed by atoms with Crippen LogP contribution in [0.1, 0.15) is 22.5 Å². The SMILES string of the molecule is COC1OC(CO)C(O)C(OCc2cn(Cc3ccc(F)cc3)nn2)C1OCc1cn(Cc2ccc(F)cc2)nn1. The van der Waals surface area contributed by atoms with E-state index in [2.05, 4.69) is 20.6 Å². The highest BCUT2D eigenvalue weighted by molar-refractivity contribution is 5.17. The van der Waals surface area contributed by atoms with Gasteiger partial charge in [0.2, 0.25) is 0 Å². The molecule has 0 spiro atoms. The van der Waals surface area contributed by atoms with E-state index in [0.29, 0.717) is 24.5 Å². The van der Waals surface area contributed by atoms with Crippen LogP contribution in [-0.2, 0) is 45.3 Å². The molecule has 3 heterocycles. The molecule has 0 saturated carbocycles. The van der Waals surface area contributed by atoms with Crippen LogP contribution < -0.4 is 0 Å². The summed E-state index contributed by atoms with van der Waals surface area (Å²) in [7, 11) is 1.42. The molecule has 0 aliphatic carbocycles. The lowest BCUT2D eigenvalue weighted by Crippen LogP contribution is -2.60. The van der Waals surface area contributed by atoms with E-state index < -0.39 is 37.3 Å². The van der Waals surface area contributed by atoms with Crippen LogP contribution in [0.25, 0.3) is 0 Å².